The van der Waals surface area contributed by atoms with E-state index in [-0.39, 0.29) is 0 Å². The van der Waals surface area contributed by atoms with Crippen molar-refractivity contribution in [2.24, 2.45) is 10.3 Å². The van der Waals surface area contributed by atoms with Crippen LogP contribution in [0.2, 0.25) is 0 Å². The van der Waals surface area contributed by atoms with Gasteiger partial charge in [-0.1, -0.05) is 5.22 Å². The molecule has 5 nitrogen and oxygen atoms in total. The van der Waals surface area contributed by atoms with E-state index in [4.69, 9.17) is 0 Å². The van der Waals surface area contributed by atoms with E-state index in [2.05, 4.69) is 20.5 Å². The zero-order valence-corrected chi connectivity index (χ0v) is 8.28. The molecule has 0 saturated heterocycles. The van der Waals surface area contributed by atoms with Crippen LogP contribution < -0.4 is 0 Å². The molecule has 72 valence electrons. The maximum absolute atomic E-state index is 4.06. The van der Waals surface area contributed by atoms with Crippen molar-refractivity contribution in [1.82, 2.24) is 15.2 Å². The Kier molecular flexibility index (Phi) is 3.42. The summed E-state index contributed by atoms with van der Waals surface area (Å²) in [6, 6.07) is 0. The summed E-state index contributed by atoms with van der Waals surface area (Å²) in [6.07, 6.45) is 1.67. The highest BCUT2D eigenvalue weighted by Gasteiger charge is 1.98. The molecule has 0 saturated carbocycles. The Bertz CT molecular complexity index is 274. The Hall–Kier alpha value is -1.39. The number of hydrogen-bond acceptors (Lipinski definition) is 3. The first-order chi connectivity index (χ1) is 6.27. The van der Waals surface area contributed by atoms with Crippen LogP contribution in [0.5, 0.6) is 0 Å². The molecule has 1 N–H and O–H groups in total. The van der Waals surface area contributed by atoms with Crippen LogP contribution in [0.25, 0.3) is 0 Å². The summed E-state index contributed by atoms with van der Waals surface area (Å²) in [5, 5.41) is 16.7. The van der Waals surface area contributed by atoms with Gasteiger partial charge in [0.05, 0.1) is 11.9 Å². The predicted molar refractivity (Wildman–Crippen MR) is 50.8 cm³/mol. The van der Waals surface area contributed by atoms with Gasteiger partial charge in [-0.05, 0) is 20.8 Å². The largest absolute Gasteiger partial charge is 0.281 e. The first-order valence-corrected chi connectivity index (χ1v) is 4.44. The number of H-pyrrole nitrogens is 1. The van der Waals surface area contributed by atoms with Gasteiger partial charge >= 0.3 is 0 Å². The van der Waals surface area contributed by atoms with Crippen LogP contribution in [0.4, 0.5) is 5.69 Å². The number of aryl methyl sites for hydroxylation is 1. The third-order valence-corrected chi connectivity index (χ3v) is 1.81. The summed E-state index contributed by atoms with van der Waals surface area (Å²) in [5.41, 5.74) is 1.74. The van der Waals surface area contributed by atoms with E-state index in [0.29, 0.717) is 0 Å². The van der Waals surface area contributed by atoms with Crippen molar-refractivity contribution in [3.05, 3.63) is 11.9 Å². The van der Waals surface area contributed by atoms with Crippen LogP contribution in [-0.2, 0) is 0 Å². The summed E-state index contributed by atoms with van der Waals surface area (Å²) >= 11 is 0. The fourth-order valence-electron chi connectivity index (χ4n) is 0.907. The lowest BCUT2D eigenvalue weighted by atomic mass is 10.4. The molecule has 0 aromatic carbocycles. The third-order valence-electron chi connectivity index (χ3n) is 1.81. The second-order valence-electron chi connectivity index (χ2n) is 2.71. The van der Waals surface area contributed by atoms with Crippen molar-refractivity contribution < 1.29 is 0 Å². The smallest absolute Gasteiger partial charge is 0.128 e. The van der Waals surface area contributed by atoms with Gasteiger partial charge in [0.2, 0.25) is 0 Å². The van der Waals surface area contributed by atoms with Crippen LogP contribution in [0, 0.1) is 6.92 Å². The second-order valence-corrected chi connectivity index (χ2v) is 2.71. The Balaban J connectivity index is 2.62. The minimum atomic E-state index is 0.798. The lowest BCUT2D eigenvalue weighted by molar-refractivity contribution is 0.300. The molecule has 1 rings (SSSR count). The van der Waals surface area contributed by atoms with Crippen LogP contribution in [0.3, 0.4) is 0 Å². The van der Waals surface area contributed by atoms with Crippen LogP contribution in [0.15, 0.2) is 16.5 Å². The molecule has 0 atom stereocenters. The number of aromatic nitrogens is 2. The quantitative estimate of drug-likeness (QED) is 0.571. The summed E-state index contributed by atoms with van der Waals surface area (Å²) in [6.45, 7) is 7.76. The van der Waals surface area contributed by atoms with Crippen molar-refractivity contribution in [1.29, 1.82) is 0 Å². The molecule has 13 heavy (non-hydrogen) atoms. The van der Waals surface area contributed by atoms with Gasteiger partial charge in [0.1, 0.15) is 5.69 Å². The Morgan fingerprint density at radius 2 is 2.15 bits per heavy atom. The molecule has 0 aliphatic carbocycles. The Labute approximate surface area is 77.8 Å². The van der Waals surface area contributed by atoms with E-state index < -0.39 is 0 Å². The minimum Gasteiger partial charge on any atom is -0.281 e. The molecule has 1 aromatic heterocycles. The number of nitrogens with one attached hydrogen (secondary N) is 1. The summed E-state index contributed by atoms with van der Waals surface area (Å²) in [4.78, 5) is 0. The maximum atomic E-state index is 4.06. The molecule has 1 heterocycles. The standard InChI is InChI=1S/C8H15N5/c1-4-13(5-2)12-11-8-6-9-10-7(8)3/h6H,4-5H2,1-3H3,(H,9,10). The average molecular weight is 181 g/mol. The van der Waals surface area contributed by atoms with E-state index >= 15 is 0 Å². The first kappa shape index (κ1) is 9.70. The van der Waals surface area contributed by atoms with Gasteiger partial charge in [-0.3, -0.25) is 10.1 Å². The van der Waals surface area contributed by atoms with Crippen molar-refractivity contribution in [2.45, 2.75) is 20.8 Å². The highest BCUT2D eigenvalue weighted by molar-refractivity contribution is 5.36. The molecule has 0 unspecified atom stereocenters. The maximum Gasteiger partial charge on any atom is 0.128 e. The van der Waals surface area contributed by atoms with E-state index in [9.17, 15) is 0 Å². The molecule has 1 aromatic rings. The molecular formula is C8H15N5. The van der Waals surface area contributed by atoms with E-state index in [1.165, 1.54) is 0 Å². The lowest BCUT2D eigenvalue weighted by Crippen LogP contribution is -2.14. The van der Waals surface area contributed by atoms with Crippen LogP contribution >= 0.6 is 0 Å². The minimum absolute atomic E-state index is 0.798. The van der Waals surface area contributed by atoms with E-state index in [1.54, 1.807) is 6.20 Å². The molecule has 5 heteroatoms. The van der Waals surface area contributed by atoms with Crippen molar-refractivity contribution in [3.8, 4) is 0 Å². The molecule has 0 aliphatic heterocycles. The van der Waals surface area contributed by atoms with Crippen LogP contribution in [-0.4, -0.2) is 28.3 Å². The van der Waals surface area contributed by atoms with Crippen molar-refractivity contribution in [2.75, 3.05) is 13.1 Å². The van der Waals surface area contributed by atoms with Gasteiger partial charge in [-0.25, -0.2) is 0 Å². The zero-order valence-electron chi connectivity index (χ0n) is 8.28. The molecule has 0 spiro atoms. The third kappa shape index (κ3) is 2.54. The Morgan fingerprint density at radius 1 is 1.46 bits per heavy atom. The fraction of sp³-hybridized carbons (Fsp3) is 0.625. The highest BCUT2D eigenvalue weighted by Crippen LogP contribution is 2.14. The summed E-state index contributed by atoms with van der Waals surface area (Å²) < 4.78 is 0. The highest BCUT2D eigenvalue weighted by atomic mass is 15.5. The molecular weight excluding hydrogens is 166 g/mol. The lowest BCUT2D eigenvalue weighted by Gasteiger charge is -2.10. The molecule has 0 bridgehead atoms. The number of aromatic amines is 1. The van der Waals surface area contributed by atoms with Crippen molar-refractivity contribution in [3.63, 3.8) is 0 Å². The Morgan fingerprint density at radius 3 is 2.62 bits per heavy atom. The average Bonchev–Trinajstić information content (AvgIpc) is 2.54. The SMILES string of the molecule is CCN(CC)N=Nc1cn[nH]c1C. The fourth-order valence-corrected chi connectivity index (χ4v) is 0.907. The topological polar surface area (TPSA) is 56.6 Å². The van der Waals surface area contributed by atoms with Gasteiger partial charge in [-0.15, -0.1) is 5.11 Å². The summed E-state index contributed by atoms with van der Waals surface area (Å²) in [5.74, 6) is 0. The summed E-state index contributed by atoms with van der Waals surface area (Å²) in [7, 11) is 0. The van der Waals surface area contributed by atoms with Gasteiger partial charge in [-0.2, -0.15) is 5.10 Å². The van der Waals surface area contributed by atoms with Gasteiger partial charge in [0, 0.05) is 13.1 Å². The molecule has 0 fully saturated rings. The predicted octanol–water partition coefficient (Wildman–Crippen LogP) is 2.06. The molecule has 0 amide bonds. The van der Waals surface area contributed by atoms with Gasteiger partial charge in [0.15, 0.2) is 0 Å². The zero-order chi connectivity index (χ0) is 9.68. The number of hydrogen-bond donors (Lipinski definition) is 1. The normalized spacial score (nSPS) is 11.0. The number of rotatable bonds is 4. The number of nitrogens with zero attached hydrogens (tertiary/aromatic N) is 4. The van der Waals surface area contributed by atoms with E-state index in [1.807, 2.05) is 25.8 Å². The molecule has 0 aliphatic rings. The van der Waals surface area contributed by atoms with E-state index in [0.717, 1.165) is 24.5 Å². The van der Waals surface area contributed by atoms with Gasteiger partial charge in [0.25, 0.3) is 0 Å². The van der Waals surface area contributed by atoms with Crippen molar-refractivity contribution >= 4 is 5.69 Å². The second kappa shape index (κ2) is 4.59. The molecule has 0 radical (unpaired) electrons. The first-order valence-electron chi connectivity index (χ1n) is 4.44. The van der Waals surface area contributed by atoms with Crippen LogP contribution in [0.1, 0.15) is 19.5 Å². The van der Waals surface area contributed by atoms with Gasteiger partial charge < -0.3 is 0 Å². The monoisotopic (exact) mass is 181 g/mol.